The fraction of sp³-hybridized carbons (Fsp3) is 0.200. The summed E-state index contributed by atoms with van der Waals surface area (Å²) in [6.45, 7) is 3.75. The van der Waals surface area contributed by atoms with Gasteiger partial charge in [-0.3, -0.25) is 5.32 Å². The summed E-state index contributed by atoms with van der Waals surface area (Å²) in [4.78, 5) is 12.9. The van der Waals surface area contributed by atoms with Crippen LogP contribution in [0, 0.1) is 17.8 Å². The van der Waals surface area contributed by atoms with E-state index in [-0.39, 0.29) is 10.0 Å². The Morgan fingerprint density at radius 1 is 1.15 bits per heavy atom. The van der Waals surface area contributed by atoms with Crippen molar-refractivity contribution in [1.29, 1.82) is 0 Å². The predicted molar refractivity (Wildman–Crippen MR) is 108 cm³/mol. The normalized spacial score (nSPS) is 11.4. The van der Waals surface area contributed by atoms with Crippen molar-refractivity contribution in [3.63, 3.8) is 0 Å². The lowest BCUT2D eigenvalue weighted by Crippen LogP contribution is -2.34. The van der Waals surface area contributed by atoms with Gasteiger partial charge in [-0.15, -0.1) is 21.5 Å². The second-order valence-corrected chi connectivity index (χ2v) is 9.93. The van der Waals surface area contributed by atoms with E-state index in [2.05, 4.69) is 15.5 Å². The topological polar surface area (TPSA) is 106 Å². The molecule has 27 heavy (non-hydrogen) atoms. The third-order valence-corrected chi connectivity index (χ3v) is 7.69. The third-order valence-electron chi connectivity index (χ3n) is 3.69. The minimum atomic E-state index is -3.97. The van der Waals surface area contributed by atoms with Crippen molar-refractivity contribution in [1.82, 2.24) is 19.5 Å². The first kappa shape index (κ1) is 19.6. The maximum absolute atomic E-state index is 12.2. The standard InChI is InChI=1S/C15H15N5O3S4/c1-8-4-6-10(7-5-8)27(22,23)19-13(21)16-14-18-17-12(26-14)11-9(2)20(3)15(24)25-11/h4-7H,1-3H3,(H2,16,18,19,21). The number of anilines is 1. The van der Waals surface area contributed by atoms with Crippen LogP contribution in [0.2, 0.25) is 0 Å². The number of nitrogens with one attached hydrogen (secondary N) is 2. The number of nitrogens with zero attached hydrogens (tertiary/aromatic N) is 3. The highest BCUT2D eigenvalue weighted by atomic mass is 32.2. The molecule has 2 aromatic heterocycles. The van der Waals surface area contributed by atoms with Gasteiger partial charge in [0, 0.05) is 12.7 Å². The van der Waals surface area contributed by atoms with Crippen molar-refractivity contribution in [2.24, 2.45) is 7.05 Å². The van der Waals surface area contributed by atoms with E-state index in [1.54, 1.807) is 12.1 Å². The number of carbonyl (C=O) groups excluding carboxylic acids is 1. The van der Waals surface area contributed by atoms with Crippen LogP contribution in [0.4, 0.5) is 9.93 Å². The quantitative estimate of drug-likeness (QED) is 0.601. The summed E-state index contributed by atoms with van der Waals surface area (Å²) in [6, 6.07) is 5.26. The fourth-order valence-corrected chi connectivity index (χ4v) is 5.24. The first-order chi connectivity index (χ1) is 12.7. The van der Waals surface area contributed by atoms with Crippen molar-refractivity contribution < 1.29 is 13.2 Å². The van der Waals surface area contributed by atoms with Crippen LogP contribution in [0.15, 0.2) is 29.2 Å². The molecule has 0 aliphatic heterocycles. The van der Waals surface area contributed by atoms with Crippen molar-refractivity contribution in [3.05, 3.63) is 39.5 Å². The van der Waals surface area contributed by atoms with Gasteiger partial charge in [0.1, 0.15) is 0 Å². The Morgan fingerprint density at radius 3 is 2.41 bits per heavy atom. The Kier molecular flexibility index (Phi) is 5.42. The number of hydrogen-bond donors (Lipinski definition) is 2. The van der Waals surface area contributed by atoms with Gasteiger partial charge in [-0.05, 0) is 38.2 Å². The Labute approximate surface area is 169 Å². The average Bonchev–Trinajstić information content (AvgIpc) is 3.15. The minimum Gasteiger partial charge on any atom is -0.330 e. The van der Waals surface area contributed by atoms with Crippen LogP contribution in [0.3, 0.4) is 0 Å². The van der Waals surface area contributed by atoms with Crippen LogP contribution in [-0.4, -0.2) is 29.2 Å². The molecule has 0 unspecified atom stereocenters. The predicted octanol–water partition coefficient (Wildman–Crippen LogP) is 3.46. The number of hydrogen-bond acceptors (Lipinski definition) is 8. The van der Waals surface area contributed by atoms with E-state index in [0.717, 1.165) is 27.5 Å². The fourth-order valence-electron chi connectivity index (χ4n) is 2.10. The van der Waals surface area contributed by atoms with Gasteiger partial charge in [0.2, 0.25) is 5.13 Å². The summed E-state index contributed by atoms with van der Waals surface area (Å²) < 4.78 is 29.0. The first-order valence-electron chi connectivity index (χ1n) is 7.58. The smallest absolute Gasteiger partial charge is 0.330 e. The van der Waals surface area contributed by atoms with Gasteiger partial charge < -0.3 is 4.57 Å². The Hall–Kier alpha value is -2.15. The third kappa shape index (κ3) is 4.24. The van der Waals surface area contributed by atoms with Crippen LogP contribution >= 0.6 is 34.9 Å². The van der Waals surface area contributed by atoms with Gasteiger partial charge in [-0.25, -0.2) is 17.9 Å². The highest BCUT2D eigenvalue weighted by Crippen LogP contribution is 2.33. The van der Waals surface area contributed by atoms with Gasteiger partial charge in [0.25, 0.3) is 10.0 Å². The zero-order valence-electron chi connectivity index (χ0n) is 14.5. The van der Waals surface area contributed by atoms with E-state index in [9.17, 15) is 13.2 Å². The molecule has 8 nitrogen and oxygen atoms in total. The van der Waals surface area contributed by atoms with E-state index in [1.807, 2.05) is 30.2 Å². The monoisotopic (exact) mass is 441 g/mol. The lowest BCUT2D eigenvalue weighted by Gasteiger charge is -2.06. The Balaban J connectivity index is 1.73. The molecule has 0 spiro atoms. The Morgan fingerprint density at radius 2 is 1.81 bits per heavy atom. The average molecular weight is 442 g/mol. The van der Waals surface area contributed by atoms with Crippen molar-refractivity contribution in [3.8, 4) is 9.88 Å². The number of amides is 2. The lowest BCUT2D eigenvalue weighted by atomic mass is 10.2. The zero-order chi connectivity index (χ0) is 19.8. The highest BCUT2D eigenvalue weighted by Gasteiger charge is 2.19. The van der Waals surface area contributed by atoms with E-state index < -0.39 is 16.1 Å². The number of aromatic nitrogens is 3. The summed E-state index contributed by atoms with van der Waals surface area (Å²) >= 11 is 7.78. The summed E-state index contributed by atoms with van der Waals surface area (Å²) in [6.07, 6.45) is 0. The van der Waals surface area contributed by atoms with Gasteiger partial charge >= 0.3 is 6.03 Å². The molecule has 2 N–H and O–H groups in total. The molecule has 3 rings (SSSR count). The SMILES string of the molecule is Cc1ccc(S(=O)(=O)NC(=O)Nc2nnc(-c3sc(=S)n(C)c3C)s2)cc1. The molecule has 0 aliphatic carbocycles. The summed E-state index contributed by atoms with van der Waals surface area (Å²) in [5, 5.41) is 11.1. The lowest BCUT2D eigenvalue weighted by molar-refractivity contribution is 0.256. The van der Waals surface area contributed by atoms with E-state index >= 15 is 0 Å². The maximum Gasteiger partial charge on any atom is 0.334 e. The summed E-state index contributed by atoms with van der Waals surface area (Å²) in [5.74, 6) is 0. The van der Waals surface area contributed by atoms with Crippen molar-refractivity contribution in [2.45, 2.75) is 18.7 Å². The van der Waals surface area contributed by atoms with Crippen LogP contribution in [0.5, 0.6) is 0 Å². The highest BCUT2D eigenvalue weighted by molar-refractivity contribution is 7.90. The second-order valence-electron chi connectivity index (χ2n) is 5.63. The van der Waals surface area contributed by atoms with Crippen LogP contribution in [0.25, 0.3) is 9.88 Å². The van der Waals surface area contributed by atoms with Crippen molar-refractivity contribution in [2.75, 3.05) is 5.32 Å². The van der Waals surface area contributed by atoms with Gasteiger partial charge in [-0.1, -0.05) is 29.0 Å². The summed E-state index contributed by atoms with van der Waals surface area (Å²) in [5.41, 5.74) is 1.86. The molecule has 0 saturated heterocycles. The first-order valence-corrected chi connectivity index (χ1v) is 11.1. The van der Waals surface area contributed by atoms with Gasteiger partial charge in [0.15, 0.2) is 8.96 Å². The molecule has 0 bridgehead atoms. The second kappa shape index (κ2) is 7.46. The summed E-state index contributed by atoms with van der Waals surface area (Å²) in [7, 11) is -2.11. The number of carbonyl (C=O) groups is 1. The Bertz CT molecular complexity index is 1160. The largest absolute Gasteiger partial charge is 0.334 e. The molecular weight excluding hydrogens is 426 g/mol. The van der Waals surface area contributed by atoms with Gasteiger partial charge in [0.05, 0.1) is 9.77 Å². The van der Waals surface area contributed by atoms with Gasteiger partial charge in [-0.2, -0.15) is 0 Å². The molecule has 12 heteroatoms. The molecule has 142 valence electrons. The number of thiazole rings is 1. The maximum atomic E-state index is 12.2. The number of urea groups is 1. The molecule has 0 saturated carbocycles. The molecule has 1 aromatic carbocycles. The zero-order valence-corrected chi connectivity index (χ0v) is 17.8. The van der Waals surface area contributed by atoms with Crippen LogP contribution in [0.1, 0.15) is 11.3 Å². The van der Waals surface area contributed by atoms with Crippen molar-refractivity contribution >= 4 is 56.1 Å². The molecule has 0 aliphatic rings. The number of aryl methyl sites for hydroxylation is 1. The van der Waals surface area contributed by atoms with E-state index in [4.69, 9.17) is 12.2 Å². The molecule has 0 atom stereocenters. The molecule has 3 aromatic rings. The van der Waals surface area contributed by atoms with Crippen LogP contribution < -0.4 is 10.0 Å². The van der Waals surface area contributed by atoms with E-state index in [0.29, 0.717) is 8.96 Å². The van der Waals surface area contributed by atoms with E-state index in [1.165, 1.54) is 23.5 Å². The number of benzene rings is 1. The number of sulfonamides is 1. The molecule has 2 heterocycles. The minimum absolute atomic E-state index is 0.000823. The number of rotatable bonds is 4. The van der Waals surface area contributed by atoms with Crippen LogP contribution in [-0.2, 0) is 17.1 Å². The molecule has 0 fully saturated rings. The molecule has 2 amide bonds. The molecule has 0 radical (unpaired) electrons. The molecular formula is C15H15N5O3S4.